The second kappa shape index (κ2) is 12.8. The zero-order chi connectivity index (χ0) is 31.5. The summed E-state index contributed by atoms with van der Waals surface area (Å²) in [4.78, 5) is 56.0. The third kappa shape index (κ3) is 6.54. The molecule has 234 valence electrons. The van der Waals surface area contributed by atoms with Crippen LogP contribution < -0.4 is 16.0 Å². The van der Waals surface area contributed by atoms with Crippen LogP contribution in [0.4, 0.5) is 0 Å². The lowest BCUT2D eigenvalue weighted by molar-refractivity contribution is -0.140. The number of benzene rings is 2. The van der Waals surface area contributed by atoms with Gasteiger partial charge in [0.2, 0.25) is 23.6 Å². The first-order valence-corrected chi connectivity index (χ1v) is 15.2. The van der Waals surface area contributed by atoms with Gasteiger partial charge < -0.3 is 20.9 Å². The molecule has 6 rings (SSSR count). The number of nitrogens with one attached hydrogen (secondary N) is 3. The molecule has 4 atom stereocenters. The largest absolute Gasteiger partial charge is 0.349 e. The molecule has 4 amide bonds. The van der Waals surface area contributed by atoms with Gasteiger partial charge in [0.1, 0.15) is 29.3 Å². The van der Waals surface area contributed by atoms with E-state index in [-0.39, 0.29) is 49.7 Å². The summed E-state index contributed by atoms with van der Waals surface area (Å²) in [6.45, 7) is 4.29. The van der Waals surface area contributed by atoms with E-state index in [1.807, 2.05) is 68.4 Å². The number of amides is 4. The van der Waals surface area contributed by atoms with Gasteiger partial charge >= 0.3 is 0 Å². The number of rotatable bonds is 6. The molecular weight excluding hydrogens is 576 g/mol. The first-order valence-electron chi connectivity index (χ1n) is 15.2. The topological polar surface area (TPSA) is 169 Å². The van der Waals surface area contributed by atoms with Crippen molar-refractivity contribution in [2.45, 2.75) is 70.4 Å². The van der Waals surface area contributed by atoms with E-state index in [9.17, 15) is 19.2 Å². The Morgan fingerprint density at radius 2 is 1.71 bits per heavy atom. The van der Waals surface area contributed by atoms with Crippen LogP contribution in [-0.4, -0.2) is 83.2 Å². The number of aromatic nitrogens is 6. The fourth-order valence-corrected chi connectivity index (χ4v) is 5.94. The van der Waals surface area contributed by atoms with E-state index in [0.29, 0.717) is 18.7 Å². The molecule has 2 aliphatic rings. The average Bonchev–Trinajstić information content (AvgIpc) is 3.79. The fraction of sp³-hybridized carbons (Fsp3) is 0.419. The predicted octanol–water partition coefficient (Wildman–Crippen LogP) is 0.753. The number of nitrogens with zero attached hydrogens (tertiary/aromatic N) is 7. The molecule has 0 radical (unpaired) electrons. The quantitative estimate of drug-likeness (QED) is 0.287. The monoisotopic (exact) mass is 612 g/mol. The highest BCUT2D eigenvalue weighted by Gasteiger charge is 2.42. The molecule has 4 heterocycles. The Morgan fingerprint density at radius 1 is 0.933 bits per heavy atom. The summed E-state index contributed by atoms with van der Waals surface area (Å²) in [7, 11) is 0. The molecule has 14 nitrogen and oxygen atoms in total. The molecule has 4 bridgehead atoms. The van der Waals surface area contributed by atoms with Crippen LogP contribution in [0.3, 0.4) is 0 Å². The van der Waals surface area contributed by atoms with Crippen molar-refractivity contribution in [1.82, 2.24) is 50.8 Å². The highest BCUT2D eigenvalue weighted by Crippen LogP contribution is 2.28. The van der Waals surface area contributed by atoms with Crippen molar-refractivity contribution in [3.8, 4) is 0 Å². The van der Waals surface area contributed by atoms with Crippen LogP contribution in [0.2, 0.25) is 0 Å². The molecule has 2 aliphatic heterocycles. The summed E-state index contributed by atoms with van der Waals surface area (Å²) in [5, 5.41) is 25.4. The predicted molar refractivity (Wildman–Crippen MR) is 162 cm³/mol. The van der Waals surface area contributed by atoms with Crippen molar-refractivity contribution in [2.75, 3.05) is 6.54 Å². The van der Waals surface area contributed by atoms with E-state index in [2.05, 4.69) is 36.6 Å². The first-order chi connectivity index (χ1) is 21.8. The zero-order valence-electron chi connectivity index (χ0n) is 25.2. The van der Waals surface area contributed by atoms with Crippen LogP contribution in [0.15, 0.2) is 60.8 Å². The number of para-hydroxylation sites is 1. The highest BCUT2D eigenvalue weighted by atomic mass is 16.2. The lowest BCUT2D eigenvalue weighted by atomic mass is 10.00. The molecule has 45 heavy (non-hydrogen) atoms. The van der Waals surface area contributed by atoms with E-state index in [4.69, 9.17) is 0 Å². The van der Waals surface area contributed by atoms with E-state index < -0.39 is 29.9 Å². The van der Waals surface area contributed by atoms with E-state index in [1.165, 1.54) is 0 Å². The molecular formula is C31H36N10O4. The molecule has 3 N–H and O–H groups in total. The van der Waals surface area contributed by atoms with Crippen LogP contribution >= 0.6 is 0 Å². The minimum atomic E-state index is -0.927. The Morgan fingerprint density at radius 3 is 2.51 bits per heavy atom. The van der Waals surface area contributed by atoms with E-state index >= 15 is 0 Å². The summed E-state index contributed by atoms with van der Waals surface area (Å²) in [6, 6.07) is 13.9. The van der Waals surface area contributed by atoms with Crippen LogP contribution in [0, 0.1) is 5.92 Å². The Labute approximate surface area is 259 Å². The van der Waals surface area contributed by atoms with Crippen molar-refractivity contribution in [2.24, 2.45) is 5.92 Å². The third-order valence-corrected chi connectivity index (χ3v) is 8.40. The number of fused-ring (bicyclic) bond motifs is 6. The second-order valence-corrected chi connectivity index (χ2v) is 11.9. The number of hydrogen-bond donors (Lipinski definition) is 3. The lowest BCUT2D eigenvalue weighted by Gasteiger charge is -2.29. The van der Waals surface area contributed by atoms with Crippen molar-refractivity contribution >= 4 is 34.7 Å². The summed E-state index contributed by atoms with van der Waals surface area (Å²) in [6.07, 6.45) is 2.38. The van der Waals surface area contributed by atoms with Gasteiger partial charge in [-0.15, -0.1) is 10.2 Å². The Kier molecular flexibility index (Phi) is 8.54. The second-order valence-electron chi connectivity index (χ2n) is 11.9. The molecule has 0 unspecified atom stereocenters. The molecule has 0 spiro atoms. The summed E-state index contributed by atoms with van der Waals surface area (Å²) in [5.41, 5.74) is 2.95. The van der Waals surface area contributed by atoms with Crippen LogP contribution in [0.5, 0.6) is 0 Å². The SMILES string of the molecule is CC(C)[C@@H]1NC(=O)[C@@H]2C[C@@H](CN2C(=O)CCn2nnc3ccccc32)n2cc(nn2)CNC(=O)[C@@H](Cc2ccccc2)NC1=O. The smallest absolute Gasteiger partial charge is 0.243 e. The van der Waals surface area contributed by atoms with Crippen LogP contribution in [-0.2, 0) is 38.7 Å². The summed E-state index contributed by atoms with van der Waals surface area (Å²) < 4.78 is 3.32. The van der Waals surface area contributed by atoms with Crippen LogP contribution in [0.25, 0.3) is 11.0 Å². The maximum Gasteiger partial charge on any atom is 0.243 e. The normalized spacial score (nSPS) is 22.5. The van der Waals surface area contributed by atoms with Crippen LogP contribution in [0.1, 0.15) is 44.0 Å². The number of aryl methyl sites for hydroxylation is 1. The fourth-order valence-electron chi connectivity index (χ4n) is 5.94. The van der Waals surface area contributed by atoms with Gasteiger partial charge in [-0.1, -0.05) is 66.7 Å². The van der Waals surface area contributed by atoms with E-state index in [0.717, 1.165) is 16.6 Å². The van der Waals surface area contributed by atoms with Crippen molar-refractivity contribution in [1.29, 1.82) is 0 Å². The minimum Gasteiger partial charge on any atom is -0.349 e. The standard InChI is InChI=1S/C31H36N10O4/c1-19(2)28-31(45)33-24(14-20-8-4-3-5-9-20)29(43)32-16-21-17-41(37-35-21)22-15-26(30(44)34-28)39(18-22)27(42)12-13-40-25-11-7-6-10-23(25)36-38-40/h3-11,17,19,22,24,26,28H,12-16,18H2,1-2H3,(H,32,43)(H,33,45)(H,34,44)/t22-,24+,26-,28-/m0/s1. The van der Waals surface area contributed by atoms with Gasteiger partial charge in [-0.05, 0) is 23.6 Å². The molecule has 14 heteroatoms. The van der Waals surface area contributed by atoms with Gasteiger partial charge in [-0.25, -0.2) is 9.36 Å². The lowest BCUT2D eigenvalue weighted by Crippen LogP contribution is -2.58. The number of carbonyl (C=O) groups is 4. The minimum absolute atomic E-state index is 0.105. The maximum atomic E-state index is 13.9. The van der Waals surface area contributed by atoms with Gasteiger partial charge in [0, 0.05) is 25.8 Å². The molecule has 2 aromatic carbocycles. The van der Waals surface area contributed by atoms with E-state index in [1.54, 1.807) is 20.5 Å². The van der Waals surface area contributed by atoms with Crippen molar-refractivity contribution < 1.29 is 19.2 Å². The first kappa shape index (κ1) is 29.9. The Bertz CT molecular complexity index is 1700. The zero-order valence-corrected chi connectivity index (χ0v) is 25.2. The van der Waals surface area contributed by atoms with Gasteiger partial charge in [-0.3, -0.25) is 19.2 Å². The summed E-state index contributed by atoms with van der Waals surface area (Å²) in [5.74, 6) is -1.79. The number of likely N-dealkylation sites (tertiary alicyclic amines) is 1. The number of carbonyl (C=O) groups excluding carboxylic acids is 4. The molecule has 1 saturated heterocycles. The Hall–Kier alpha value is -5.14. The van der Waals surface area contributed by atoms with Gasteiger partial charge in [0.15, 0.2) is 0 Å². The highest BCUT2D eigenvalue weighted by molar-refractivity contribution is 5.94. The maximum absolute atomic E-state index is 13.9. The van der Waals surface area contributed by atoms with Crippen molar-refractivity contribution in [3.63, 3.8) is 0 Å². The molecule has 0 aliphatic carbocycles. The Balaban J connectivity index is 1.25. The third-order valence-electron chi connectivity index (χ3n) is 8.40. The molecule has 1 fully saturated rings. The van der Waals surface area contributed by atoms with Gasteiger partial charge in [-0.2, -0.15) is 0 Å². The van der Waals surface area contributed by atoms with Crippen molar-refractivity contribution in [3.05, 3.63) is 72.1 Å². The molecule has 0 saturated carbocycles. The van der Waals surface area contributed by atoms with Gasteiger partial charge in [0.05, 0.1) is 30.8 Å². The number of hydrogen-bond acceptors (Lipinski definition) is 8. The summed E-state index contributed by atoms with van der Waals surface area (Å²) >= 11 is 0. The van der Waals surface area contributed by atoms with Gasteiger partial charge in [0.25, 0.3) is 0 Å². The molecule has 4 aromatic rings. The molecule has 2 aromatic heterocycles. The average molecular weight is 613 g/mol.